The number of fused-ring (bicyclic) bond motifs is 3. The van der Waals surface area contributed by atoms with E-state index in [1.165, 1.54) is 6.92 Å². The number of benzene rings is 1. The summed E-state index contributed by atoms with van der Waals surface area (Å²) in [5.41, 5.74) is 2.19. The zero-order valence-corrected chi connectivity index (χ0v) is 19.2. The van der Waals surface area contributed by atoms with E-state index < -0.39 is 23.3 Å². The normalized spacial score (nSPS) is 25.5. The van der Waals surface area contributed by atoms with Crippen LogP contribution in [0.2, 0.25) is 0 Å². The van der Waals surface area contributed by atoms with Crippen molar-refractivity contribution in [2.45, 2.75) is 65.7 Å². The summed E-state index contributed by atoms with van der Waals surface area (Å²) < 4.78 is 0. The molecule has 3 atom stereocenters. The second-order valence-corrected chi connectivity index (χ2v) is 10.3. The number of aliphatic hydroxyl groups excluding tert-OH is 2. The van der Waals surface area contributed by atoms with Crippen LogP contribution in [0.3, 0.4) is 0 Å². The Morgan fingerprint density at radius 1 is 1.12 bits per heavy atom. The first-order valence-corrected chi connectivity index (χ1v) is 11.2. The van der Waals surface area contributed by atoms with E-state index in [0.717, 1.165) is 11.1 Å². The summed E-state index contributed by atoms with van der Waals surface area (Å²) >= 11 is 0. The van der Waals surface area contributed by atoms with Crippen LogP contribution in [-0.4, -0.2) is 32.7 Å². The molecule has 6 nitrogen and oxygen atoms in total. The molecular formula is C26H30O6. The van der Waals surface area contributed by atoms with Crippen LogP contribution in [0.5, 0.6) is 5.75 Å². The van der Waals surface area contributed by atoms with Gasteiger partial charge in [0.2, 0.25) is 0 Å². The molecule has 32 heavy (non-hydrogen) atoms. The third-order valence-electron chi connectivity index (χ3n) is 7.27. The molecule has 3 aliphatic carbocycles. The summed E-state index contributed by atoms with van der Waals surface area (Å²) in [7, 11) is 0. The maximum Gasteiger partial charge on any atom is 0.196 e. The van der Waals surface area contributed by atoms with Crippen molar-refractivity contribution in [1.29, 1.82) is 0 Å². The first-order chi connectivity index (χ1) is 14.9. The Bertz CT molecular complexity index is 1130. The Morgan fingerprint density at radius 2 is 1.78 bits per heavy atom. The molecule has 6 heteroatoms. The lowest BCUT2D eigenvalue weighted by Crippen LogP contribution is -2.42. The minimum absolute atomic E-state index is 0.0625. The maximum absolute atomic E-state index is 13.7. The number of ketones is 3. The number of phenols is 1. The van der Waals surface area contributed by atoms with E-state index in [-0.39, 0.29) is 57.6 Å². The van der Waals surface area contributed by atoms with E-state index >= 15 is 0 Å². The van der Waals surface area contributed by atoms with E-state index in [1.807, 2.05) is 33.8 Å². The van der Waals surface area contributed by atoms with Crippen molar-refractivity contribution in [2.24, 2.45) is 17.8 Å². The molecule has 3 aliphatic rings. The van der Waals surface area contributed by atoms with Gasteiger partial charge in [0.15, 0.2) is 17.3 Å². The van der Waals surface area contributed by atoms with Gasteiger partial charge in [-0.3, -0.25) is 14.4 Å². The summed E-state index contributed by atoms with van der Waals surface area (Å²) in [6.45, 7) is 9.12. The number of carbonyl (C=O) groups excluding carboxylic acids is 3. The molecule has 3 unspecified atom stereocenters. The monoisotopic (exact) mass is 438 g/mol. The molecule has 1 aromatic rings. The van der Waals surface area contributed by atoms with E-state index in [9.17, 15) is 29.7 Å². The summed E-state index contributed by atoms with van der Waals surface area (Å²) in [5.74, 6) is -3.92. The SMILES string of the molecule is CCc1cc(C(C)(C)C)c(O)c2c1CC1CC3CC(O)=C(C(C)=O)C(=O)C3C(O)=C1C2=O. The Morgan fingerprint density at radius 3 is 2.34 bits per heavy atom. The summed E-state index contributed by atoms with van der Waals surface area (Å²) in [4.78, 5) is 38.6. The average molecular weight is 439 g/mol. The number of aliphatic hydroxyl groups is 2. The molecule has 0 aromatic heterocycles. The zero-order valence-electron chi connectivity index (χ0n) is 19.2. The van der Waals surface area contributed by atoms with Crippen LogP contribution < -0.4 is 0 Å². The topological polar surface area (TPSA) is 112 Å². The number of carbonyl (C=O) groups is 3. The Kier molecular flexibility index (Phi) is 5.11. The number of phenolic OH excluding ortho intramolecular Hbond substituents is 1. The number of hydrogen-bond acceptors (Lipinski definition) is 6. The van der Waals surface area contributed by atoms with Gasteiger partial charge in [0, 0.05) is 17.6 Å². The first kappa shape index (κ1) is 22.3. The van der Waals surface area contributed by atoms with Crippen molar-refractivity contribution in [2.75, 3.05) is 0 Å². The van der Waals surface area contributed by atoms with Crippen LogP contribution >= 0.6 is 0 Å². The van der Waals surface area contributed by atoms with Crippen molar-refractivity contribution < 1.29 is 29.7 Å². The zero-order chi connectivity index (χ0) is 23.7. The molecule has 0 heterocycles. The maximum atomic E-state index is 13.7. The fourth-order valence-electron chi connectivity index (χ4n) is 5.78. The number of hydrogen-bond donors (Lipinski definition) is 3. The molecule has 0 radical (unpaired) electrons. The smallest absolute Gasteiger partial charge is 0.196 e. The second kappa shape index (κ2) is 7.32. The number of Topliss-reactive ketones (excluding diaryl/α,β-unsaturated/α-hetero) is 3. The van der Waals surface area contributed by atoms with Crippen LogP contribution in [0.15, 0.2) is 28.7 Å². The molecule has 170 valence electrons. The van der Waals surface area contributed by atoms with Crippen LogP contribution in [0, 0.1) is 17.8 Å². The van der Waals surface area contributed by atoms with Crippen LogP contribution in [0.1, 0.15) is 74.5 Å². The molecule has 0 saturated carbocycles. The third-order valence-corrected chi connectivity index (χ3v) is 7.27. The lowest BCUT2D eigenvalue weighted by Gasteiger charge is -2.41. The number of allylic oxidation sites excluding steroid dienone is 4. The van der Waals surface area contributed by atoms with Crippen molar-refractivity contribution in [3.05, 3.63) is 51.0 Å². The predicted molar refractivity (Wildman–Crippen MR) is 119 cm³/mol. The molecule has 0 aliphatic heterocycles. The predicted octanol–water partition coefficient (Wildman–Crippen LogP) is 4.43. The highest BCUT2D eigenvalue weighted by atomic mass is 16.3. The van der Waals surface area contributed by atoms with Gasteiger partial charge in [-0.2, -0.15) is 0 Å². The van der Waals surface area contributed by atoms with Crippen LogP contribution in [-0.2, 0) is 27.8 Å². The minimum atomic E-state index is -1.01. The average Bonchev–Trinajstić information content (AvgIpc) is 2.66. The lowest BCUT2D eigenvalue weighted by atomic mass is 9.61. The highest BCUT2D eigenvalue weighted by molar-refractivity contribution is 6.22. The first-order valence-electron chi connectivity index (χ1n) is 11.2. The molecule has 0 fully saturated rings. The molecule has 0 amide bonds. The van der Waals surface area contributed by atoms with Gasteiger partial charge in [-0.05, 0) is 54.6 Å². The fourth-order valence-corrected chi connectivity index (χ4v) is 5.78. The molecule has 0 saturated heterocycles. The van der Waals surface area contributed by atoms with Gasteiger partial charge in [-0.1, -0.05) is 33.8 Å². The van der Waals surface area contributed by atoms with Crippen molar-refractivity contribution >= 4 is 17.3 Å². The van der Waals surface area contributed by atoms with Gasteiger partial charge in [0.25, 0.3) is 0 Å². The molecule has 3 N–H and O–H groups in total. The minimum Gasteiger partial charge on any atom is -0.511 e. The van der Waals surface area contributed by atoms with Gasteiger partial charge in [-0.15, -0.1) is 0 Å². The number of aromatic hydroxyl groups is 1. The quantitative estimate of drug-likeness (QED) is 0.589. The summed E-state index contributed by atoms with van der Waals surface area (Å²) in [5, 5.41) is 32.5. The Labute approximate surface area is 187 Å². The van der Waals surface area contributed by atoms with Gasteiger partial charge < -0.3 is 15.3 Å². The largest absolute Gasteiger partial charge is 0.511 e. The van der Waals surface area contributed by atoms with Crippen molar-refractivity contribution in [3.63, 3.8) is 0 Å². The summed E-state index contributed by atoms with van der Waals surface area (Å²) in [6, 6.07) is 1.97. The Balaban J connectivity index is 1.90. The van der Waals surface area contributed by atoms with Gasteiger partial charge in [0.05, 0.1) is 17.1 Å². The second-order valence-electron chi connectivity index (χ2n) is 10.3. The van der Waals surface area contributed by atoms with Gasteiger partial charge in [-0.25, -0.2) is 0 Å². The molecule has 0 bridgehead atoms. The standard InChI is InChI=1S/C26H30O6/c1-6-12-9-16(26(3,4)5)22(29)21-15(12)8-13-7-14-10-17(28)18(11(2)27)23(30)20(14)24(31)19(13)25(21)32/h9,13-14,20,28-29,31H,6-8,10H2,1-5H3. The molecular weight excluding hydrogens is 408 g/mol. The molecule has 4 rings (SSSR count). The van der Waals surface area contributed by atoms with E-state index in [0.29, 0.717) is 24.8 Å². The molecule has 0 spiro atoms. The lowest BCUT2D eigenvalue weighted by molar-refractivity contribution is -0.125. The van der Waals surface area contributed by atoms with Crippen LogP contribution in [0.25, 0.3) is 0 Å². The van der Waals surface area contributed by atoms with Gasteiger partial charge >= 0.3 is 0 Å². The summed E-state index contributed by atoms with van der Waals surface area (Å²) in [6.07, 6.45) is 1.74. The van der Waals surface area contributed by atoms with Crippen molar-refractivity contribution in [3.8, 4) is 5.75 Å². The van der Waals surface area contributed by atoms with E-state index in [4.69, 9.17) is 0 Å². The highest BCUT2D eigenvalue weighted by Gasteiger charge is 2.50. The van der Waals surface area contributed by atoms with Crippen molar-refractivity contribution in [1.82, 2.24) is 0 Å². The van der Waals surface area contributed by atoms with Gasteiger partial charge in [0.1, 0.15) is 17.3 Å². The van der Waals surface area contributed by atoms with Crippen LogP contribution in [0.4, 0.5) is 0 Å². The molecule has 1 aromatic carbocycles. The Hall–Kier alpha value is -2.89. The fraction of sp³-hybridized carbons (Fsp3) is 0.500. The van der Waals surface area contributed by atoms with E-state index in [2.05, 4.69) is 0 Å². The third kappa shape index (κ3) is 3.11. The highest BCUT2D eigenvalue weighted by Crippen LogP contribution is 2.51. The number of rotatable bonds is 2. The van der Waals surface area contributed by atoms with E-state index in [1.54, 1.807) is 0 Å². The number of aryl methyl sites for hydroxylation is 1.